The first-order chi connectivity index (χ1) is 9.58. The molecule has 0 aromatic rings. The molecule has 1 aliphatic rings. The van der Waals surface area contributed by atoms with E-state index < -0.39 is 12.0 Å². The fourth-order valence-corrected chi connectivity index (χ4v) is 2.83. The standard InChI is InChI=1S/C13H24N2O4S/c1-19-9-10-4-3-6-15(8-10)13(18)14-11(12(16)17)5-7-20-2/h10-11H,3-9H2,1-2H3,(H,14,18)(H,16,17)/t10?,11-/m1/s1. The summed E-state index contributed by atoms with van der Waals surface area (Å²) < 4.78 is 5.13. The second kappa shape index (κ2) is 9.07. The summed E-state index contributed by atoms with van der Waals surface area (Å²) in [5, 5.41) is 11.7. The molecule has 0 aromatic heterocycles. The lowest BCUT2D eigenvalue weighted by molar-refractivity contribution is -0.139. The molecule has 2 atom stereocenters. The van der Waals surface area contributed by atoms with Gasteiger partial charge in [-0.2, -0.15) is 11.8 Å². The second-order valence-electron chi connectivity index (χ2n) is 5.03. The molecule has 0 bridgehead atoms. The minimum atomic E-state index is -0.974. The van der Waals surface area contributed by atoms with Crippen molar-refractivity contribution in [2.75, 3.05) is 38.8 Å². The predicted molar refractivity (Wildman–Crippen MR) is 79.1 cm³/mol. The molecule has 0 radical (unpaired) electrons. The van der Waals surface area contributed by atoms with Crippen LogP contribution in [0.1, 0.15) is 19.3 Å². The molecule has 1 unspecified atom stereocenters. The summed E-state index contributed by atoms with van der Waals surface area (Å²) in [7, 11) is 1.65. The van der Waals surface area contributed by atoms with Gasteiger partial charge in [-0.15, -0.1) is 0 Å². The molecule has 1 heterocycles. The van der Waals surface area contributed by atoms with E-state index in [9.17, 15) is 9.59 Å². The van der Waals surface area contributed by atoms with Crippen molar-refractivity contribution in [3.8, 4) is 0 Å². The number of carboxylic acid groups (broad SMARTS) is 1. The number of aliphatic carboxylic acids is 1. The lowest BCUT2D eigenvalue weighted by Gasteiger charge is -2.33. The highest BCUT2D eigenvalue weighted by molar-refractivity contribution is 7.98. The van der Waals surface area contributed by atoms with Crippen LogP contribution in [0, 0.1) is 5.92 Å². The number of amides is 2. The third kappa shape index (κ3) is 5.58. The van der Waals surface area contributed by atoms with Gasteiger partial charge in [0.2, 0.25) is 0 Å². The van der Waals surface area contributed by atoms with Crippen molar-refractivity contribution in [1.82, 2.24) is 10.2 Å². The van der Waals surface area contributed by atoms with Gasteiger partial charge < -0.3 is 20.1 Å². The first kappa shape index (κ1) is 17.1. The summed E-state index contributed by atoms with van der Waals surface area (Å²) in [6.07, 6.45) is 4.34. The summed E-state index contributed by atoms with van der Waals surface area (Å²) in [5.74, 6) is 0.0793. The first-order valence-corrected chi connectivity index (χ1v) is 8.24. The normalized spacial score (nSPS) is 20.5. The molecule has 7 heteroatoms. The third-order valence-corrected chi connectivity index (χ3v) is 4.06. The fraction of sp³-hybridized carbons (Fsp3) is 0.846. The van der Waals surface area contributed by atoms with E-state index in [0.29, 0.717) is 37.8 Å². The van der Waals surface area contributed by atoms with Crippen LogP contribution in [0.25, 0.3) is 0 Å². The van der Waals surface area contributed by atoms with Crippen molar-refractivity contribution in [3.63, 3.8) is 0 Å². The average Bonchev–Trinajstić information content (AvgIpc) is 2.43. The molecule has 6 nitrogen and oxygen atoms in total. The quantitative estimate of drug-likeness (QED) is 0.740. The van der Waals surface area contributed by atoms with Crippen LogP contribution < -0.4 is 5.32 Å². The van der Waals surface area contributed by atoms with Crippen LogP contribution in [-0.2, 0) is 9.53 Å². The van der Waals surface area contributed by atoms with Gasteiger partial charge in [0.05, 0.1) is 6.61 Å². The molecule has 0 spiro atoms. The van der Waals surface area contributed by atoms with E-state index in [1.54, 1.807) is 23.8 Å². The van der Waals surface area contributed by atoms with Crippen molar-refractivity contribution in [3.05, 3.63) is 0 Å². The number of rotatable bonds is 7. The molecule has 1 rings (SSSR count). The number of hydrogen-bond acceptors (Lipinski definition) is 4. The fourth-order valence-electron chi connectivity index (χ4n) is 2.35. The number of nitrogens with one attached hydrogen (secondary N) is 1. The largest absolute Gasteiger partial charge is 0.480 e. The maximum Gasteiger partial charge on any atom is 0.326 e. The van der Waals surface area contributed by atoms with Crippen molar-refractivity contribution in [2.24, 2.45) is 5.92 Å². The highest BCUT2D eigenvalue weighted by Crippen LogP contribution is 2.16. The molecule has 116 valence electrons. The van der Waals surface area contributed by atoms with Crippen molar-refractivity contribution < 1.29 is 19.4 Å². The molecular formula is C13H24N2O4S. The highest BCUT2D eigenvalue weighted by atomic mass is 32.2. The number of methoxy groups -OCH3 is 1. The van der Waals surface area contributed by atoms with Gasteiger partial charge in [0, 0.05) is 26.1 Å². The van der Waals surface area contributed by atoms with E-state index in [1.165, 1.54) is 0 Å². The molecule has 0 aliphatic carbocycles. The SMILES string of the molecule is COCC1CCCN(C(=O)N[C@H](CCSC)C(=O)O)C1. The molecule has 1 fully saturated rings. The van der Waals surface area contributed by atoms with E-state index in [0.717, 1.165) is 12.8 Å². The summed E-state index contributed by atoms with van der Waals surface area (Å²) in [4.78, 5) is 25.0. The molecule has 20 heavy (non-hydrogen) atoms. The summed E-state index contributed by atoms with van der Waals surface area (Å²) in [6.45, 7) is 1.95. The Balaban J connectivity index is 2.48. The number of ether oxygens (including phenoxy) is 1. The maximum absolute atomic E-state index is 12.1. The van der Waals surface area contributed by atoms with E-state index >= 15 is 0 Å². The van der Waals surface area contributed by atoms with E-state index in [-0.39, 0.29) is 6.03 Å². The zero-order valence-electron chi connectivity index (χ0n) is 12.1. The zero-order valence-corrected chi connectivity index (χ0v) is 12.9. The highest BCUT2D eigenvalue weighted by Gasteiger charge is 2.27. The number of urea groups is 1. The van der Waals surface area contributed by atoms with Crippen molar-refractivity contribution >= 4 is 23.8 Å². The molecule has 0 aromatic carbocycles. The Hall–Kier alpha value is -0.950. The van der Waals surface area contributed by atoms with E-state index in [1.807, 2.05) is 6.26 Å². The third-order valence-electron chi connectivity index (χ3n) is 3.42. The van der Waals surface area contributed by atoms with Gasteiger partial charge in [-0.3, -0.25) is 0 Å². The summed E-state index contributed by atoms with van der Waals surface area (Å²) in [5.41, 5.74) is 0. The number of carbonyl (C=O) groups is 2. The lowest BCUT2D eigenvalue weighted by Crippen LogP contribution is -2.51. The Morgan fingerprint density at radius 1 is 1.55 bits per heavy atom. The Labute approximate surface area is 124 Å². The number of thioether (sulfide) groups is 1. The van der Waals surface area contributed by atoms with E-state index in [4.69, 9.17) is 9.84 Å². The minimum absolute atomic E-state index is 0.278. The van der Waals surface area contributed by atoms with Crippen LogP contribution in [0.3, 0.4) is 0 Å². The van der Waals surface area contributed by atoms with Crippen LogP contribution in [0.5, 0.6) is 0 Å². The maximum atomic E-state index is 12.1. The Morgan fingerprint density at radius 3 is 2.90 bits per heavy atom. The topological polar surface area (TPSA) is 78.9 Å². The lowest BCUT2D eigenvalue weighted by atomic mass is 9.99. The van der Waals surface area contributed by atoms with Crippen LogP contribution in [-0.4, -0.2) is 66.9 Å². The van der Waals surface area contributed by atoms with Gasteiger partial charge in [-0.1, -0.05) is 0 Å². The van der Waals surface area contributed by atoms with Crippen molar-refractivity contribution in [1.29, 1.82) is 0 Å². The van der Waals surface area contributed by atoms with Gasteiger partial charge in [-0.25, -0.2) is 9.59 Å². The predicted octanol–water partition coefficient (Wildman–Crippen LogP) is 1.26. The average molecular weight is 304 g/mol. The van der Waals surface area contributed by atoms with Gasteiger partial charge in [0.1, 0.15) is 6.04 Å². The van der Waals surface area contributed by atoms with Gasteiger partial charge in [0.25, 0.3) is 0 Å². The summed E-state index contributed by atoms with van der Waals surface area (Å²) in [6, 6.07) is -1.09. The van der Waals surface area contributed by atoms with Crippen LogP contribution in [0.4, 0.5) is 4.79 Å². The number of nitrogens with zero attached hydrogens (tertiary/aromatic N) is 1. The molecule has 1 saturated heterocycles. The number of carbonyl (C=O) groups excluding carboxylic acids is 1. The van der Waals surface area contributed by atoms with E-state index in [2.05, 4.69) is 5.32 Å². The second-order valence-corrected chi connectivity index (χ2v) is 6.02. The molecule has 2 amide bonds. The molecule has 0 saturated carbocycles. The minimum Gasteiger partial charge on any atom is -0.480 e. The number of hydrogen-bond donors (Lipinski definition) is 2. The Bertz CT molecular complexity index is 325. The molecule has 2 N–H and O–H groups in total. The van der Waals surface area contributed by atoms with Gasteiger partial charge >= 0.3 is 12.0 Å². The Kier molecular flexibility index (Phi) is 7.76. The molecule has 1 aliphatic heterocycles. The smallest absolute Gasteiger partial charge is 0.326 e. The number of piperidine rings is 1. The molecular weight excluding hydrogens is 280 g/mol. The number of carboxylic acids is 1. The van der Waals surface area contributed by atoms with Gasteiger partial charge in [0.15, 0.2) is 0 Å². The zero-order chi connectivity index (χ0) is 15.0. The van der Waals surface area contributed by atoms with Crippen LogP contribution in [0.15, 0.2) is 0 Å². The number of likely N-dealkylation sites (tertiary alicyclic amines) is 1. The summed E-state index contributed by atoms with van der Waals surface area (Å²) >= 11 is 1.57. The van der Waals surface area contributed by atoms with Gasteiger partial charge in [-0.05, 0) is 31.3 Å². The van der Waals surface area contributed by atoms with Crippen LogP contribution >= 0.6 is 11.8 Å². The van der Waals surface area contributed by atoms with Crippen molar-refractivity contribution in [2.45, 2.75) is 25.3 Å². The van der Waals surface area contributed by atoms with Crippen LogP contribution in [0.2, 0.25) is 0 Å². The Morgan fingerprint density at radius 2 is 2.30 bits per heavy atom. The monoisotopic (exact) mass is 304 g/mol. The first-order valence-electron chi connectivity index (χ1n) is 6.84.